The molecule has 7 heteroatoms. The number of aromatic nitrogens is 2. The molecule has 0 fully saturated rings. The summed E-state index contributed by atoms with van der Waals surface area (Å²) in [5.74, 6) is 0. The van der Waals surface area contributed by atoms with Gasteiger partial charge < -0.3 is 19.7 Å². The van der Waals surface area contributed by atoms with E-state index in [1.807, 2.05) is 18.9 Å². The maximum atomic E-state index is 12.1. The van der Waals surface area contributed by atoms with Crippen molar-refractivity contribution in [1.82, 2.24) is 15.1 Å². The molecule has 0 amide bonds. The van der Waals surface area contributed by atoms with Gasteiger partial charge in [0.05, 0.1) is 37.7 Å². The Balaban J connectivity index is 2.75. The third kappa shape index (κ3) is 5.82. The third-order valence-corrected chi connectivity index (χ3v) is 3.18. The van der Waals surface area contributed by atoms with Crippen molar-refractivity contribution in [2.75, 3.05) is 52.5 Å². The van der Waals surface area contributed by atoms with E-state index in [1.165, 1.54) is 4.68 Å². The van der Waals surface area contributed by atoms with Crippen molar-refractivity contribution in [3.8, 4) is 0 Å². The largest absolute Gasteiger partial charge is 0.383 e. The van der Waals surface area contributed by atoms with Crippen LogP contribution in [0, 0.1) is 0 Å². The zero-order valence-corrected chi connectivity index (χ0v) is 13.3. The first kappa shape index (κ1) is 17.6. The van der Waals surface area contributed by atoms with Crippen LogP contribution in [0.1, 0.15) is 6.92 Å². The minimum absolute atomic E-state index is 0.0715. The molecule has 7 nitrogen and oxygen atoms in total. The van der Waals surface area contributed by atoms with Gasteiger partial charge in [-0.25, -0.2) is 4.68 Å². The number of nitrogens with zero attached hydrogens (tertiary/aromatic N) is 3. The van der Waals surface area contributed by atoms with E-state index in [0.29, 0.717) is 26.3 Å². The van der Waals surface area contributed by atoms with Gasteiger partial charge in [0.2, 0.25) is 0 Å². The van der Waals surface area contributed by atoms with E-state index in [9.17, 15) is 4.79 Å². The second-order valence-corrected chi connectivity index (χ2v) is 4.86. The lowest BCUT2D eigenvalue weighted by molar-refractivity contribution is 0.157. The van der Waals surface area contributed by atoms with E-state index in [1.54, 1.807) is 26.5 Å². The maximum Gasteiger partial charge on any atom is 0.268 e. The van der Waals surface area contributed by atoms with E-state index in [0.717, 1.165) is 12.2 Å². The summed E-state index contributed by atoms with van der Waals surface area (Å²) < 4.78 is 11.6. The molecule has 1 atom stereocenters. The van der Waals surface area contributed by atoms with Crippen LogP contribution in [-0.4, -0.2) is 63.4 Å². The molecule has 1 aromatic rings. The van der Waals surface area contributed by atoms with Crippen molar-refractivity contribution >= 4 is 5.69 Å². The second-order valence-electron chi connectivity index (χ2n) is 4.86. The first-order valence-corrected chi connectivity index (χ1v) is 7.11. The van der Waals surface area contributed by atoms with Crippen LogP contribution in [0.4, 0.5) is 5.69 Å². The number of likely N-dealkylation sites (N-methyl/N-ethyl adjacent to an activating group) is 2. The number of hydrogen-bond donors (Lipinski definition) is 1. The summed E-state index contributed by atoms with van der Waals surface area (Å²) in [5, 5.41) is 7.51. The van der Waals surface area contributed by atoms with Crippen molar-refractivity contribution < 1.29 is 9.47 Å². The lowest BCUT2D eigenvalue weighted by atomic mass is 10.3. The summed E-state index contributed by atoms with van der Waals surface area (Å²) in [5.41, 5.74) is 0.677. The van der Waals surface area contributed by atoms with E-state index in [2.05, 4.69) is 10.4 Å². The SMILES string of the molecule is CCNC(COC)Cn1ncc(N(C)CCOC)cc1=O. The van der Waals surface area contributed by atoms with Crippen LogP contribution in [0.2, 0.25) is 0 Å². The van der Waals surface area contributed by atoms with Crippen LogP contribution in [0.25, 0.3) is 0 Å². The lowest BCUT2D eigenvalue weighted by Gasteiger charge is -2.20. The molecule has 1 heterocycles. The van der Waals surface area contributed by atoms with E-state index in [4.69, 9.17) is 9.47 Å². The van der Waals surface area contributed by atoms with Gasteiger partial charge in [-0.1, -0.05) is 6.92 Å². The van der Waals surface area contributed by atoms with E-state index >= 15 is 0 Å². The Kier molecular flexibility index (Phi) is 7.96. The van der Waals surface area contributed by atoms with Crippen LogP contribution in [0.15, 0.2) is 17.1 Å². The fourth-order valence-electron chi connectivity index (χ4n) is 2.00. The van der Waals surface area contributed by atoms with Crippen LogP contribution in [-0.2, 0) is 16.0 Å². The summed E-state index contributed by atoms with van der Waals surface area (Å²) in [6.07, 6.45) is 1.70. The van der Waals surface area contributed by atoms with Gasteiger partial charge in [0.15, 0.2) is 0 Å². The molecule has 0 aliphatic carbocycles. The van der Waals surface area contributed by atoms with Crippen molar-refractivity contribution in [3.05, 3.63) is 22.6 Å². The van der Waals surface area contributed by atoms with Gasteiger partial charge in [0.25, 0.3) is 5.56 Å². The normalized spacial score (nSPS) is 12.4. The van der Waals surface area contributed by atoms with Crippen molar-refractivity contribution in [2.24, 2.45) is 0 Å². The Hall–Kier alpha value is -1.44. The molecule has 21 heavy (non-hydrogen) atoms. The third-order valence-electron chi connectivity index (χ3n) is 3.18. The van der Waals surface area contributed by atoms with E-state index in [-0.39, 0.29) is 11.6 Å². The smallest absolute Gasteiger partial charge is 0.268 e. The molecule has 1 aromatic heterocycles. The highest BCUT2D eigenvalue weighted by Crippen LogP contribution is 2.06. The summed E-state index contributed by atoms with van der Waals surface area (Å²) in [7, 11) is 5.21. The molecule has 0 aromatic carbocycles. The highest BCUT2D eigenvalue weighted by Gasteiger charge is 2.11. The Labute approximate surface area is 125 Å². The molecule has 0 aliphatic heterocycles. The van der Waals surface area contributed by atoms with Crippen LogP contribution >= 0.6 is 0 Å². The molecule has 1 N–H and O–H groups in total. The molecule has 120 valence electrons. The topological polar surface area (TPSA) is 68.6 Å². The Morgan fingerprint density at radius 1 is 1.43 bits per heavy atom. The fourth-order valence-corrected chi connectivity index (χ4v) is 2.00. The summed E-state index contributed by atoms with van der Waals surface area (Å²) in [4.78, 5) is 14.1. The predicted molar refractivity (Wildman–Crippen MR) is 83.0 cm³/mol. The minimum atomic E-state index is -0.115. The molecule has 0 bridgehead atoms. The molecule has 0 radical (unpaired) electrons. The summed E-state index contributed by atoms with van der Waals surface area (Å²) in [6.45, 7) is 5.19. The van der Waals surface area contributed by atoms with Crippen molar-refractivity contribution in [3.63, 3.8) is 0 Å². The monoisotopic (exact) mass is 298 g/mol. The zero-order valence-electron chi connectivity index (χ0n) is 13.3. The molecular formula is C14H26N4O3. The van der Waals surface area contributed by atoms with Crippen LogP contribution in [0.5, 0.6) is 0 Å². The van der Waals surface area contributed by atoms with Gasteiger partial charge in [0.1, 0.15) is 0 Å². The van der Waals surface area contributed by atoms with Crippen molar-refractivity contribution in [1.29, 1.82) is 0 Å². The Morgan fingerprint density at radius 3 is 2.76 bits per heavy atom. The van der Waals surface area contributed by atoms with Gasteiger partial charge in [0, 0.05) is 33.9 Å². The second kappa shape index (κ2) is 9.49. The lowest BCUT2D eigenvalue weighted by Crippen LogP contribution is -2.40. The number of nitrogens with one attached hydrogen (secondary N) is 1. The van der Waals surface area contributed by atoms with Gasteiger partial charge in [-0.3, -0.25) is 4.79 Å². The molecule has 1 rings (SSSR count). The highest BCUT2D eigenvalue weighted by molar-refractivity contribution is 5.41. The Bertz CT molecular complexity index is 458. The van der Waals surface area contributed by atoms with Gasteiger partial charge in [-0.15, -0.1) is 0 Å². The minimum Gasteiger partial charge on any atom is -0.383 e. The Morgan fingerprint density at radius 2 is 2.19 bits per heavy atom. The molecule has 1 unspecified atom stereocenters. The van der Waals surface area contributed by atoms with Crippen LogP contribution < -0.4 is 15.8 Å². The van der Waals surface area contributed by atoms with Gasteiger partial charge >= 0.3 is 0 Å². The van der Waals surface area contributed by atoms with Gasteiger partial charge in [-0.05, 0) is 6.54 Å². The number of rotatable bonds is 10. The molecular weight excluding hydrogens is 272 g/mol. The van der Waals surface area contributed by atoms with Crippen molar-refractivity contribution in [2.45, 2.75) is 19.5 Å². The highest BCUT2D eigenvalue weighted by atomic mass is 16.5. The summed E-state index contributed by atoms with van der Waals surface area (Å²) in [6, 6.07) is 1.67. The van der Waals surface area contributed by atoms with Gasteiger partial charge in [-0.2, -0.15) is 5.10 Å². The first-order valence-electron chi connectivity index (χ1n) is 7.11. The number of methoxy groups -OCH3 is 2. The number of hydrogen-bond acceptors (Lipinski definition) is 6. The molecule has 0 spiro atoms. The van der Waals surface area contributed by atoms with Crippen LogP contribution in [0.3, 0.4) is 0 Å². The average molecular weight is 298 g/mol. The standard InChI is InChI=1S/C14H26N4O3/c1-5-15-12(11-21-4)10-18-14(19)8-13(9-16-18)17(2)6-7-20-3/h8-9,12,15H,5-7,10-11H2,1-4H3. The molecule has 0 aliphatic rings. The predicted octanol–water partition coefficient (Wildman–Crippen LogP) is -0.0496. The average Bonchev–Trinajstić information content (AvgIpc) is 2.47. The van der Waals surface area contributed by atoms with E-state index < -0.39 is 0 Å². The fraction of sp³-hybridized carbons (Fsp3) is 0.714. The molecule has 0 saturated heterocycles. The summed E-state index contributed by atoms with van der Waals surface area (Å²) >= 11 is 0. The molecule has 0 saturated carbocycles. The zero-order chi connectivity index (χ0) is 15.7. The number of ether oxygens (including phenoxy) is 2. The quantitative estimate of drug-likeness (QED) is 0.653. The maximum absolute atomic E-state index is 12.1. The first-order chi connectivity index (χ1) is 10.1. The number of anilines is 1.